The topological polar surface area (TPSA) is 45.2 Å². The average Bonchev–Trinajstić information content (AvgIpc) is 3.10. The van der Waals surface area contributed by atoms with Crippen molar-refractivity contribution in [2.75, 3.05) is 26.2 Å². The first-order chi connectivity index (χ1) is 11.7. The molecule has 1 aromatic carbocycles. The van der Waals surface area contributed by atoms with Crippen molar-refractivity contribution in [3.8, 4) is 10.6 Å². The van der Waals surface area contributed by atoms with E-state index in [2.05, 4.69) is 17.2 Å². The minimum Gasteiger partial charge on any atom is -0.337 e. The lowest BCUT2D eigenvalue weighted by molar-refractivity contribution is 0.0685. The summed E-state index contributed by atoms with van der Waals surface area (Å²) in [7, 11) is 0. The second-order valence-corrected chi connectivity index (χ2v) is 7.39. The van der Waals surface area contributed by atoms with Crippen molar-refractivity contribution in [1.82, 2.24) is 15.2 Å². The first-order valence-corrected chi connectivity index (χ1v) is 9.64. The van der Waals surface area contributed by atoms with E-state index in [0.717, 1.165) is 49.6 Å². The van der Waals surface area contributed by atoms with Gasteiger partial charge in [0.15, 0.2) is 0 Å². The number of halogens is 1. The summed E-state index contributed by atoms with van der Waals surface area (Å²) in [6.07, 6.45) is 2.12. The number of rotatable bonds is 5. The molecule has 0 spiro atoms. The third-order valence-corrected chi connectivity index (χ3v) is 5.51. The molecular weight excluding hydrogens is 342 g/mol. The summed E-state index contributed by atoms with van der Waals surface area (Å²) in [5.74, 6) is 0.716. The van der Waals surface area contributed by atoms with Crippen LogP contribution in [-0.4, -0.2) is 42.0 Å². The number of likely N-dealkylation sites (tertiary alicyclic amines) is 1. The van der Waals surface area contributed by atoms with Gasteiger partial charge in [-0.05, 0) is 44.0 Å². The van der Waals surface area contributed by atoms with Crippen molar-refractivity contribution < 1.29 is 4.79 Å². The van der Waals surface area contributed by atoms with Crippen molar-refractivity contribution in [3.05, 3.63) is 40.4 Å². The largest absolute Gasteiger partial charge is 0.337 e. The van der Waals surface area contributed by atoms with Gasteiger partial charge in [0.25, 0.3) is 5.91 Å². The van der Waals surface area contributed by atoms with Gasteiger partial charge in [0.2, 0.25) is 0 Å². The number of thiazole rings is 1. The Morgan fingerprint density at radius 1 is 1.42 bits per heavy atom. The summed E-state index contributed by atoms with van der Waals surface area (Å²) < 4.78 is 0. The first kappa shape index (κ1) is 17.4. The van der Waals surface area contributed by atoms with Crippen molar-refractivity contribution in [2.24, 2.45) is 5.92 Å². The smallest absolute Gasteiger partial charge is 0.273 e. The third-order valence-electron chi connectivity index (χ3n) is 4.38. The van der Waals surface area contributed by atoms with Crippen LogP contribution >= 0.6 is 22.9 Å². The molecule has 1 N–H and O–H groups in total. The Bertz CT molecular complexity index is 695. The Balaban J connectivity index is 1.62. The zero-order chi connectivity index (χ0) is 16.9. The second kappa shape index (κ2) is 8.10. The molecule has 2 aromatic rings. The van der Waals surface area contributed by atoms with E-state index in [9.17, 15) is 4.79 Å². The summed E-state index contributed by atoms with van der Waals surface area (Å²) in [6.45, 7) is 5.81. The predicted molar refractivity (Wildman–Crippen MR) is 99.7 cm³/mol. The van der Waals surface area contributed by atoms with Crippen molar-refractivity contribution >= 4 is 28.8 Å². The van der Waals surface area contributed by atoms with Crippen LogP contribution in [0.1, 0.15) is 30.3 Å². The maximum Gasteiger partial charge on any atom is 0.273 e. The third kappa shape index (κ3) is 4.15. The number of nitrogens with zero attached hydrogens (tertiary/aromatic N) is 2. The van der Waals surface area contributed by atoms with Crippen LogP contribution in [0.3, 0.4) is 0 Å². The summed E-state index contributed by atoms with van der Waals surface area (Å²) in [5.41, 5.74) is 1.50. The molecule has 1 aliphatic heterocycles. The molecule has 0 unspecified atom stereocenters. The van der Waals surface area contributed by atoms with Gasteiger partial charge in [-0.15, -0.1) is 11.3 Å². The molecule has 6 heteroatoms. The number of hydrogen-bond donors (Lipinski definition) is 1. The van der Waals surface area contributed by atoms with Gasteiger partial charge in [-0.25, -0.2) is 4.98 Å². The predicted octanol–water partition coefficient (Wildman–Crippen LogP) is 3.93. The summed E-state index contributed by atoms with van der Waals surface area (Å²) in [6, 6.07) is 7.57. The lowest BCUT2D eigenvalue weighted by atomic mass is 9.96. The zero-order valence-corrected chi connectivity index (χ0v) is 15.4. The maximum absolute atomic E-state index is 12.7. The number of carbonyl (C=O) groups is 1. The Morgan fingerprint density at radius 2 is 2.21 bits per heavy atom. The van der Waals surface area contributed by atoms with Crippen LogP contribution in [0, 0.1) is 5.92 Å². The van der Waals surface area contributed by atoms with E-state index >= 15 is 0 Å². The van der Waals surface area contributed by atoms with Gasteiger partial charge < -0.3 is 10.2 Å². The van der Waals surface area contributed by atoms with Crippen LogP contribution in [-0.2, 0) is 0 Å². The fourth-order valence-corrected chi connectivity index (χ4v) is 3.96. The first-order valence-electron chi connectivity index (χ1n) is 8.39. The monoisotopic (exact) mass is 363 g/mol. The fraction of sp³-hybridized carbons (Fsp3) is 0.444. The van der Waals surface area contributed by atoms with Crippen LogP contribution in [0.5, 0.6) is 0 Å². The molecule has 0 radical (unpaired) electrons. The van der Waals surface area contributed by atoms with E-state index in [1.54, 1.807) is 0 Å². The van der Waals surface area contributed by atoms with Gasteiger partial charge in [0.05, 0.1) is 0 Å². The quantitative estimate of drug-likeness (QED) is 0.875. The SMILES string of the molecule is CCNCC1CCN(C(=O)c2csc(-c3cccc(Cl)c3)n2)CC1. The van der Waals surface area contributed by atoms with E-state index in [-0.39, 0.29) is 5.91 Å². The molecule has 0 atom stereocenters. The van der Waals surface area contributed by atoms with E-state index < -0.39 is 0 Å². The van der Waals surface area contributed by atoms with Gasteiger partial charge in [0, 0.05) is 29.1 Å². The van der Waals surface area contributed by atoms with Crippen LogP contribution < -0.4 is 5.32 Å². The average molecular weight is 364 g/mol. The van der Waals surface area contributed by atoms with Gasteiger partial charge in [0.1, 0.15) is 10.7 Å². The molecule has 3 rings (SSSR count). The van der Waals surface area contributed by atoms with Crippen molar-refractivity contribution in [3.63, 3.8) is 0 Å². The van der Waals surface area contributed by atoms with Crippen LogP contribution in [0.4, 0.5) is 0 Å². The minimum absolute atomic E-state index is 0.0430. The number of carbonyl (C=O) groups excluding carboxylic acids is 1. The molecule has 2 heterocycles. The van der Waals surface area contributed by atoms with E-state index in [0.29, 0.717) is 16.6 Å². The molecule has 24 heavy (non-hydrogen) atoms. The normalized spacial score (nSPS) is 15.7. The summed E-state index contributed by atoms with van der Waals surface area (Å²) in [4.78, 5) is 19.1. The molecule has 1 fully saturated rings. The highest BCUT2D eigenvalue weighted by molar-refractivity contribution is 7.13. The van der Waals surface area contributed by atoms with E-state index in [1.165, 1.54) is 11.3 Å². The number of aromatic nitrogens is 1. The molecule has 128 valence electrons. The van der Waals surface area contributed by atoms with Gasteiger partial charge in [-0.2, -0.15) is 0 Å². The Kier molecular flexibility index (Phi) is 5.87. The summed E-state index contributed by atoms with van der Waals surface area (Å²) in [5, 5.41) is 6.76. The van der Waals surface area contributed by atoms with Crippen LogP contribution in [0.25, 0.3) is 10.6 Å². The highest BCUT2D eigenvalue weighted by Gasteiger charge is 2.25. The molecule has 1 amide bonds. The Morgan fingerprint density at radius 3 is 2.92 bits per heavy atom. The van der Waals surface area contributed by atoms with E-state index in [1.807, 2.05) is 34.5 Å². The molecule has 1 saturated heterocycles. The number of piperidine rings is 1. The van der Waals surface area contributed by atoms with Crippen molar-refractivity contribution in [1.29, 1.82) is 0 Å². The van der Waals surface area contributed by atoms with Crippen LogP contribution in [0.15, 0.2) is 29.6 Å². The molecular formula is C18H22ClN3OS. The molecule has 1 aliphatic rings. The zero-order valence-electron chi connectivity index (χ0n) is 13.8. The molecule has 1 aromatic heterocycles. The molecule has 0 bridgehead atoms. The van der Waals surface area contributed by atoms with Gasteiger partial charge in [-0.1, -0.05) is 30.7 Å². The molecule has 0 aliphatic carbocycles. The van der Waals surface area contributed by atoms with Crippen molar-refractivity contribution in [2.45, 2.75) is 19.8 Å². The highest BCUT2D eigenvalue weighted by Crippen LogP contribution is 2.27. The Labute approximate surface area is 151 Å². The van der Waals surface area contributed by atoms with E-state index in [4.69, 9.17) is 11.6 Å². The maximum atomic E-state index is 12.7. The molecule has 4 nitrogen and oxygen atoms in total. The number of benzene rings is 1. The lowest BCUT2D eigenvalue weighted by Gasteiger charge is -2.31. The second-order valence-electron chi connectivity index (χ2n) is 6.09. The Hall–Kier alpha value is -1.43. The highest BCUT2D eigenvalue weighted by atomic mass is 35.5. The van der Waals surface area contributed by atoms with Crippen LogP contribution in [0.2, 0.25) is 5.02 Å². The molecule has 0 saturated carbocycles. The van der Waals surface area contributed by atoms with Gasteiger partial charge >= 0.3 is 0 Å². The van der Waals surface area contributed by atoms with Gasteiger partial charge in [-0.3, -0.25) is 4.79 Å². The number of amides is 1. The fourth-order valence-electron chi connectivity index (χ4n) is 2.98. The minimum atomic E-state index is 0.0430. The number of nitrogens with one attached hydrogen (secondary N) is 1. The lowest BCUT2D eigenvalue weighted by Crippen LogP contribution is -2.40. The number of hydrogen-bond acceptors (Lipinski definition) is 4. The standard InChI is InChI=1S/C18H22ClN3OS/c1-2-20-11-13-6-8-22(9-7-13)18(23)16-12-24-17(21-16)14-4-3-5-15(19)10-14/h3-5,10,12-13,20H,2,6-9,11H2,1H3. The summed E-state index contributed by atoms with van der Waals surface area (Å²) >= 11 is 7.52.